The lowest BCUT2D eigenvalue weighted by Crippen LogP contribution is -2.21. The molecule has 2 rings (SSSR count). The van der Waals surface area contributed by atoms with Crippen molar-refractivity contribution in [3.8, 4) is 5.75 Å². The van der Waals surface area contributed by atoms with Gasteiger partial charge in [0.15, 0.2) is 0 Å². The van der Waals surface area contributed by atoms with Crippen molar-refractivity contribution in [2.75, 3.05) is 26.2 Å². The van der Waals surface area contributed by atoms with E-state index in [1.54, 1.807) is 18.2 Å². The second-order valence-electron chi connectivity index (χ2n) is 8.44. The van der Waals surface area contributed by atoms with E-state index in [2.05, 4.69) is 42.1 Å². The fourth-order valence-corrected chi connectivity index (χ4v) is 3.76. The zero-order valence-electron chi connectivity index (χ0n) is 19.6. The first-order valence-corrected chi connectivity index (χ1v) is 11.7. The Morgan fingerprint density at radius 1 is 1.06 bits per heavy atom. The number of rotatable bonds is 15. The minimum absolute atomic E-state index is 0.114. The predicted molar refractivity (Wildman–Crippen MR) is 137 cm³/mol. The summed E-state index contributed by atoms with van der Waals surface area (Å²) in [5.74, 6) is 0.404. The number of pyridine rings is 1. The third-order valence-electron chi connectivity index (χ3n) is 5.67. The van der Waals surface area contributed by atoms with Crippen LogP contribution in [0.1, 0.15) is 57.4 Å². The highest BCUT2D eigenvalue weighted by atomic mass is 16.3. The Labute approximate surface area is 192 Å². The van der Waals surface area contributed by atoms with Crippen LogP contribution in [0.5, 0.6) is 5.75 Å². The molecule has 0 radical (unpaired) electrons. The average Bonchev–Trinajstić information content (AvgIpc) is 2.78. The number of phenolic OH excluding ortho intramolecular Hbond substituents is 1. The Morgan fingerprint density at radius 2 is 1.81 bits per heavy atom. The summed E-state index contributed by atoms with van der Waals surface area (Å²) in [5.41, 5.74) is 2.83. The quantitative estimate of drug-likeness (QED) is 0.229. The van der Waals surface area contributed by atoms with E-state index in [0.717, 1.165) is 43.5 Å². The molecule has 174 valence electrons. The number of aromatic hydroxyl groups is 1. The molecule has 1 aromatic carbocycles. The lowest BCUT2D eigenvalue weighted by atomic mass is 9.96. The van der Waals surface area contributed by atoms with Crippen LogP contribution in [0.25, 0.3) is 10.9 Å². The highest BCUT2D eigenvalue weighted by Crippen LogP contribution is 2.29. The lowest BCUT2D eigenvalue weighted by Gasteiger charge is -2.16. The van der Waals surface area contributed by atoms with Crippen LogP contribution in [0, 0.1) is 0 Å². The van der Waals surface area contributed by atoms with Crippen LogP contribution in [-0.2, 0) is 0 Å². The SMILES string of the molecule is C=C/C=C\C=C(/C)CCNCCCCCCNCC(C)c1ccc(O)c2[nH]c(=O)ccc12. The molecule has 0 aliphatic heterocycles. The van der Waals surface area contributed by atoms with Crippen LogP contribution in [0.15, 0.2) is 65.5 Å². The molecular weight excluding hydrogens is 398 g/mol. The van der Waals surface area contributed by atoms with Gasteiger partial charge in [0.25, 0.3) is 0 Å². The van der Waals surface area contributed by atoms with E-state index in [4.69, 9.17) is 0 Å². The van der Waals surface area contributed by atoms with Gasteiger partial charge in [-0.3, -0.25) is 4.79 Å². The van der Waals surface area contributed by atoms with Crippen LogP contribution < -0.4 is 16.2 Å². The van der Waals surface area contributed by atoms with Crippen LogP contribution in [0.2, 0.25) is 0 Å². The number of unbranched alkanes of at least 4 members (excludes halogenated alkanes) is 3. The summed E-state index contributed by atoms with van der Waals surface area (Å²) in [6, 6.07) is 6.92. The van der Waals surface area contributed by atoms with E-state index in [9.17, 15) is 9.90 Å². The van der Waals surface area contributed by atoms with Crippen molar-refractivity contribution in [3.63, 3.8) is 0 Å². The zero-order chi connectivity index (χ0) is 23.2. The Morgan fingerprint density at radius 3 is 2.56 bits per heavy atom. The van der Waals surface area contributed by atoms with E-state index in [1.165, 1.54) is 37.3 Å². The summed E-state index contributed by atoms with van der Waals surface area (Å²) in [5, 5.41) is 18.0. The molecule has 32 heavy (non-hydrogen) atoms. The number of aromatic amines is 1. The minimum Gasteiger partial charge on any atom is -0.506 e. The van der Waals surface area contributed by atoms with E-state index < -0.39 is 0 Å². The predicted octanol–water partition coefficient (Wildman–Crippen LogP) is 5.16. The molecule has 0 aliphatic rings. The molecule has 5 nitrogen and oxygen atoms in total. The number of benzene rings is 1. The normalized spacial score (nSPS) is 13.1. The van der Waals surface area contributed by atoms with Gasteiger partial charge in [0.05, 0.1) is 5.52 Å². The molecule has 0 bridgehead atoms. The maximum atomic E-state index is 11.6. The summed E-state index contributed by atoms with van der Waals surface area (Å²) in [6.45, 7) is 12.0. The molecule has 5 heteroatoms. The van der Waals surface area contributed by atoms with Gasteiger partial charge in [0, 0.05) is 18.0 Å². The molecule has 1 unspecified atom stereocenters. The second-order valence-corrected chi connectivity index (χ2v) is 8.44. The summed E-state index contributed by atoms with van der Waals surface area (Å²) < 4.78 is 0. The number of allylic oxidation sites excluding steroid dienone is 4. The third kappa shape index (κ3) is 8.85. The second kappa shape index (κ2) is 14.4. The van der Waals surface area contributed by atoms with Gasteiger partial charge in [-0.25, -0.2) is 0 Å². The Hall–Kier alpha value is -2.63. The molecule has 4 N–H and O–H groups in total. The number of nitrogens with one attached hydrogen (secondary N) is 3. The Kier molecular flexibility index (Phi) is 11.6. The fourth-order valence-electron chi connectivity index (χ4n) is 3.76. The highest BCUT2D eigenvalue weighted by Gasteiger charge is 2.12. The van der Waals surface area contributed by atoms with E-state index >= 15 is 0 Å². The van der Waals surface area contributed by atoms with Crippen molar-refractivity contribution in [1.29, 1.82) is 0 Å². The lowest BCUT2D eigenvalue weighted by molar-refractivity contribution is 0.480. The molecule has 0 aliphatic carbocycles. The van der Waals surface area contributed by atoms with Crippen LogP contribution in [0.3, 0.4) is 0 Å². The van der Waals surface area contributed by atoms with Gasteiger partial charge in [-0.15, -0.1) is 0 Å². The summed E-state index contributed by atoms with van der Waals surface area (Å²) >= 11 is 0. The molecule has 1 atom stereocenters. The van der Waals surface area contributed by atoms with Gasteiger partial charge in [0.1, 0.15) is 5.75 Å². The van der Waals surface area contributed by atoms with E-state index in [-0.39, 0.29) is 17.2 Å². The number of phenols is 1. The number of aromatic nitrogens is 1. The summed E-state index contributed by atoms with van der Waals surface area (Å²) in [6.07, 6.45) is 13.9. The smallest absolute Gasteiger partial charge is 0.248 e. The number of H-pyrrole nitrogens is 1. The van der Waals surface area contributed by atoms with Gasteiger partial charge >= 0.3 is 0 Å². The molecule has 1 aromatic heterocycles. The molecule has 2 aromatic rings. The van der Waals surface area contributed by atoms with Gasteiger partial charge in [-0.2, -0.15) is 0 Å². The highest BCUT2D eigenvalue weighted by molar-refractivity contribution is 5.87. The van der Waals surface area contributed by atoms with E-state index in [0.29, 0.717) is 5.52 Å². The van der Waals surface area contributed by atoms with Crippen molar-refractivity contribution in [1.82, 2.24) is 15.6 Å². The molecule has 0 saturated heterocycles. The zero-order valence-corrected chi connectivity index (χ0v) is 19.6. The van der Waals surface area contributed by atoms with Gasteiger partial charge in [0.2, 0.25) is 5.56 Å². The molecular formula is C27H39N3O2. The van der Waals surface area contributed by atoms with Crippen molar-refractivity contribution < 1.29 is 5.11 Å². The number of hydrogen-bond donors (Lipinski definition) is 4. The van der Waals surface area contributed by atoms with Crippen molar-refractivity contribution >= 4 is 10.9 Å². The van der Waals surface area contributed by atoms with Crippen molar-refractivity contribution in [2.24, 2.45) is 0 Å². The van der Waals surface area contributed by atoms with Crippen molar-refractivity contribution in [2.45, 2.75) is 51.9 Å². The summed E-state index contributed by atoms with van der Waals surface area (Å²) in [7, 11) is 0. The van der Waals surface area contributed by atoms with Gasteiger partial charge < -0.3 is 20.7 Å². The maximum absolute atomic E-state index is 11.6. The van der Waals surface area contributed by atoms with E-state index in [1.807, 2.05) is 18.2 Å². The number of fused-ring (bicyclic) bond motifs is 1. The molecule has 0 amide bonds. The monoisotopic (exact) mass is 437 g/mol. The number of hydrogen-bond acceptors (Lipinski definition) is 4. The first-order valence-electron chi connectivity index (χ1n) is 11.7. The van der Waals surface area contributed by atoms with Crippen LogP contribution in [-0.4, -0.2) is 36.3 Å². The maximum Gasteiger partial charge on any atom is 0.248 e. The van der Waals surface area contributed by atoms with Gasteiger partial charge in [-0.05, 0) is 69.4 Å². The average molecular weight is 438 g/mol. The van der Waals surface area contributed by atoms with Crippen LogP contribution in [0.4, 0.5) is 0 Å². The largest absolute Gasteiger partial charge is 0.506 e. The standard InChI is InChI=1S/C27H39N3O2/c1-4-5-8-11-21(2)16-19-28-17-9-6-7-10-18-29-20-22(3)23-12-14-25(31)27-24(23)13-15-26(32)30-27/h4-5,8,11-15,22,28-29,31H,1,6-7,9-10,16-20H2,2-3H3,(H,30,32)/b8-5-,21-11+. The molecule has 0 saturated carbocycles. The Bertz CT molecular complexity index is 959. The third-order valence-corrected chi connectivity index (χ3v) is 5.67. The molecule has 0 fully saturated rings. The Balaban J connectivity index is 1.56. The molecule has 1 heterocycles. The summed E-state index contributed by atoms with van der Waals surface area (Å²) in [4.78, 5) is 14.3. The first kappa shape index (κ1) is 25.6. The topological polar surface area (TPSA) is 77.2 Å². The van der Waals surface area contributed by atoms with Gasteiger partial charge in [-0.1, -0.05) is 62.3 Å². The molecule has 0 spiro atoms. The minimum atomic E-state index is -0.199. The van der Waals surface area contributed by atoms with Crippen LogP contribution >= 0.6 is 0 Å². The first-order chi connectivity index (χ1) is 15.5. The van der Waals surface area contributed by atoms with Crippen molar-refractivity contribution in [3.05, 3.63) is 76.6 Å². The fraction of sp³-hybridized carbons (Fsp3) is 0.444.